The first-order valence-corrected chi connectivity index (χ1v) is 4.18. The molecule has 0 aliphatic carbocycles. The average Bonchev–Trinajstić information content (AvgIpc) is 2.19. The molecule has 1 rings (SSSR count). The fraction of sp³-hybridized carbons (Fsp3) is 0.222. The Labute approximate surface area is 85.7 Å². The van der Waals surface area contributed by atoms with Crippen LogP contribution in [0.5, 0.6) is 5.75 Å². The zero-order valence-electron chi connectivity index (χ0n) is 7.40. The third kappa shape index (κ3) is 2.16. The molecule has 1 atom stereocenters. The molecule has 0 aromatic heterocycles. The van der Waals surface area contributed by atoms with Crippen molar-refractivity contribution >= 4 is 17.6 Å². The average molecular weight is 217 g/mol. The Kier molecular flexibility index (Phi) is 3.33. The Morgan fingerprint density at radius 3 is 2.79 bits per heavy atom. The lowest BCUT2D eigenvalue weighted by Gasteiger charge is -2.10. The number of phenols is 1. The van der Waals surface area contributed by atoms with Crippen molar-refractivity contribution in [3.8, 4) is 5.75 Å². The first-order valence-electron chi connectivity index (χ1n) is 3.80. The van der Waals surface area contributed by atoms with Crippen molar-refractivity contribution in [1.29, 1.82) is 0 Å². The second-order valence-electron chi connectivity index (χ2n) is 2.63. The van der Waals surface area contributed by atoms with E-state index in [0.29, 0.717) is 0 Å². The minimum atomic E-state index is -1.47. The molecule has 14 heavy (non-hydrogen) atoms. The maximum atomic E-state index is 11.0. The number of carbonyl (C=O) groups excluding carboxylic acids is 1. The molecule has 0 fully saturated rings. The van der Waals surface area contributed by atoms with Crippen LogP contribution in [-0.2, 0) is 9.53 Å². The third-order valence-corrected chi connectivity index (χ3v) is 2.04. The molecular weight excluding hydrogens is 208 g/mol. The monoisotopic (exact) mass is 216 g/mol. The summed E-state index contributed by atoms with van der Waals surface area (Å²) in [7, 11) is 1.16. The second-order valence-corrected chi connectivity index (χ2v) is 3.04. The quantitative estimate of drug-likeness (QED) is 0.731. The maximum absolute atomic E-state index is 11.0. The summed E-state index contributed by atoms with van der Waals surface area (Å²) in [6.07, 6.45) is -1.47. The van der Waals surface area contributed by atoms with E-state index in [-0.39, 0.29) is 16.3 Å². The predicted octanol–water partition coefficient (Wildman–Crippen LogP) is 1.25. The summed E-state index contributed by atoms with van der Waals surface area (Å²) in [5.41, 5.74) is 0.124. The first kappa shape index (κ1) is 10.8. The van der Waals surface area contributed by atoms with Gasteiger partial charge in [-0.3, -0.25) is 0 Å². The van der Waals surface area contributed by atoms with Gasteiger partial charge in [-0.05, 0) is 18.2 Å². The number of hydrogen-bond donors (Lipinski definition) is 2. The SMILES string of the molecule is COC(=O)C(O)c1cc(O)ccc1Cl. The van der Waals surface area contributed by atoms with Crippen LogP contribution in [0.15, 0.2) is 18.2 Å². The lowest BCUT2D eigenvalue weighted by molar-refractivity contribution is -0.150. The van der Waals surface area contributed by atoms with Crippen molar-refractivity contribution in [1.82, 2.24) is 0 Å². The fourth-order valence-corrected chi connectivity index (χ4v) is 1.20. The smallest absolute Gasteiger partial charge is 0.339 e. The molecule has 0 bridgehead atoms. The normalized spacial score (nSPS) is 12.2. The van der Waals surface area contributed by atoms with Crippen LogP contribution in [0.1, 0.15) is 11.7 Å². The largest absolute Gasteiger partial charge is 0.508 e. The van der Waals surface area contributed by atoms with Crippen LogP contribution in [0.4, 0.5) is 0 Å². The second kappa shape index (κ2) is 4.30. The van der Waals surface area contributed by atoms with Crippen LogP contribution in [0.2, 0.25) is 5.02 Å². The Morgan fingerprint density at radius 1 is 1.57 bits per heavy atom. The number of aromatic hydroxyl groups is 1. The molecule has 1 aromatic rings. The van der Waals surface area contributed by atoms with Crippen molar-refractivity contribution < 1.29 is 19.7 Å². The van der Waals surface area contributed by atoms with Gasteiger partial charge in [-0.25, -0.2) is 4.79 Å². The number of aliphatic hydroxyl groups excluding tert-OH is 1. The standard InChI is InChI=1S/C9H9ClO4/c1-14-9(13)8(12)6-4-5(11)2-3-7(6)10/h2-4,8,11-12H,1H3. The first-order chi connectivity index (χ1) is 6.56. The molecule has 0 spiro atoms. The van der Waals surface area contributed by atoms with Gasteiger partial charge in [0.1, 0.15) is 5.75 Å². The fourth-order valence-electron chi connectivity index (χ4n) is 0.979. The molecule has 0 radical (unpaired) electrons. The molecule has 2 N–H and O–H groups in total. The Morgan fingerprint density at radius 2 is 2.21 bits per heavy atom. The molecule has 0 aliphatic heterocycles. The molecule has 5 heteroatoms. The highest BCUT2D eigenvalue weighted by Crippen LogP contribution is 2.27. The van der Waals surface area contributed by atoms with E-state index in [4.69, 9.17) is 16.7 Å². The molecule has 0 aliphatic rings. The summed E-state index contributed by atoms with van der Waals surface area (Å²) < 4.78 is 4.33. The number of carbonyl (C=O) groups is 1. The number of ether oxygens (including phenoxy) is 1. The topological polar surface area (TPSA) is 66.8 Å². The van der Waals surface area contributed by atoms with E-state index in [1.165, 1.54) is 18.2 Å². The van der Waals surface area contributed by atoms with Crippen LogP contribution in [0.25, 0.3) is 0 Å². The highest BCUT2D eigenvalue weighted by Gasteiger charge is 2.20. The zero-order valence-corrected chi connectivity index (χ0v) is 8.15. The number of methoxy groups -OCH3 is 1. The van der Waals surface area contributed by atoms with Gasteiger partial charge < -0.3 is 14.9 Å². The summed E-state index contributed by atoms with van der Waals surface area (Å²) in [5, 5.41) is 18.7. The van der Waals surface area contributed by atoms with Crippen molar-refractivity contribution in [3.63, 3.8) is 0 Å². The Bertz CT molecular complexity index is 351. The number of halogens is 1. The van der Waals surface area contributed by atoms with Gasteiger partial charge >= 0.3 is 5.97 Å². The number of benzene rings is 1. The number of aliphatic hydroxyl groups is 1. The minimum Gasteiger partial charge on any atom is -0.508 e. The van der Waals surface area contributed by atoms with E-state index in [0.717, 1.165) is 7.11 Å². The van der Waals surface area contributed by atoms with Gasteiger partial charge in [-0.2, -0.15) is 0 Å². The van der Waals surface area contributed by atoms with E-state index in [1.54, 1.807) is 0 Å². The van der Waals surface area contributed by atoms with E-state index in [9.17, 15) is 9.90 Å². The van der Waals surface area contributed by atoms with Crippen LogP contribution in [0, 0.1) is 0 Å². The highest BCUT2D eigenvalue weighted by atomic mass is 35.5. The lowest BCUT2D eigenvalue weighted by atomic mass is 10.1. The maximum Gasteiger partial charge on any atom is 0.339 e. The Hall–Kier alpha value is -1.26. The van der Waals surface area contributed by atoms with Crippen molar-refractivity contribution in [2.24, 2.45) is 0 Å². The predicted molar refractivity (Wildman–Crippen MR) is 50.1 cm³/mol. The van der Waals surface area contributed by atoms with Crippen LogP contribution < -0.4 is 0 Å². The summed E-state index contributed by atoms with van der Waals surface area (Å²) in [4.78, 5) is 11.0. The number of phenolic OH excluding ortho intramolecular Hbond substituents is 1. The van der Waals surface area contributed by atoms with Crippen molar-refractivity contribution in [3.05, 3.63) is 28.8 Å². The van der Waals surface area contributed by atoms with E-state index in [1.807, 2.05) is 0 Å². The zero-order chi connectivity index (χ0) is 10.7. The third-order valence-electron chi connectivity index (χ3n) is 1.70. The van der Waals surface area contributed by atoms with Gasteiger partial charge in [0, 0.05) is 10.6 Å². The van der Waals surface area contributed by atoms with E-state index >= 15 is 0 Å². The van der Waals surface area contributed by atoms with Crippen LogP contribution >= 0.6 is 11.6 Å². The molecule has 0 heterocycles. The molecule has 76 valence electrons. The van der Waals surface area contributed by atoms with Crippen molar-refractivity contribution in [2.75, 3.05) is 7.11 Å². The highest BCUT2D eigenvalue weighted by molar-refractivity contribution is 6.31. The molecular formula is C9H9ClO4. The van der Waals surface area contributed by atoms with Gasteiger partial charge in [-0.15, -0.1) is 0 Å². The summed E-state index contributed by atoms with van der Waals surface area (Å²) >= 11 is 5.71. The molecule has 1 aromatic carbocycles. The van der Waals surface area contributed by atoms with Crippen molar-refractivity contribution in [2.45, 2.75) is 6.10 Å². The van der Waals surface area contributed by atoms with Gasteiger partial charge in [0.15, 0.2) is 6.10 Å². The van der Waals surface area contributed by atoms with E-state index in [2.05, 4.69) is 4.74 Å². The number of rotatable bonds is 2. The van der Waals surface area contributed by atoms with Gasteiger partial charge in [-0.1, -0.05) is 11.6 Å². The van der Waals surface area contributed by atoms with E-state index < -0.39 is 12.1 Å². The van der Waals surface area contributed by atoms with Gasteiger partial charge in [0.25, 0.3) is 0 Å². The van der Waals surface area contributed by atoms with Crippen LogP contribution in [-0.4, -0.2) is 23.3 Å². The van der Waals surface area contributed by atoms with Gasteiger partial charge in [0.05, 0.1) is 7.11 Å². The molecule has 4 nitrogen and oxygen atoms in total. The summed E-state index contributed by atoms with van der Waals surface area (Å²) in [5.74, 6) is -0.898. The molecule has 0 saturated heterocycles. The summed E-state index contributed by atoms with van der Waals surface area (Å²) in [6, 6.07) is 3.96. The van der Waals surface area contributed by atoms with Gasteiger partial charge in [0.2, 0.25) is 0 Å². The molecule has 0 saturated carbocycles. The summed E-state index contributed by atoms with van der Waals surface area (Å²) in [6.45, 7) is 0. The Balaban J connectivity index is 3.05. The number of hydrogen-bond acceptors (Lipinski definition) is 4. The lowest BCUT2D eigenvalue weighted by Crippen LogP contribution is -2.13. The molecule has 0 amide bonds. The number of esters is 1. The van der Waals surface area contributed by atoms with Crippen LogP contribution in [0.3, 0.4) is 0 Å². The minimum absolute atomic E-state index is 0.0765. The molecule has 1 unspecified atom stereocenters.